The molecule has 0 bridgehead atoms. The number of rotatable bonds is 8. The summed E-state index contributed by atoms with van der Waals surface area (Å²) < 4.78 is 37.5. The zero-order valence-corrected chi connectivity index (χ0v) is 14.2. The molecule has 0 aliphatic carbocycles. The van der Waals surface area contributed by atoms with Gasteiger partial charge in [0.25, 0.3) is 0 Å². The molecule has 0 aliphatic heterocycles. The second-order valence-electron chi connectivity index (χ2n) is 4.64. The summed E-state index contributed by atoms with van der Waals surface area (Å²) in [4.78, 5) is 0.975. The summed E-state index contributed by atoms with van der Waals surface area (Å²) in [5.74, 6) is 1.50. The Hall–Kier alpha value is -1.57. The Morgan fingerprint density at radius 2 is 1.77 bits per heavy atom. The van der Waals surface area contributed by atoms with E-state index in [1.807, 2.05) is 31.2 Å². The van der Waals surface area contributed by atoms with Crippen molar-refractivity contribution in [2.45, 2.75) is 17.6 Å². The molecule has 0 unspecified atom stereocenters. The summed E-state index contributed by atoms with van der Waals surface area (Å²) in [6.45, 7) is 2.67. The van der Waals surface area contributed by atoms with Crippen molar-refractivity contribution >= 4 is 21.4 Å². The predicted molar refractivity (Wildman–Crippen MR) is 87.4 cm³/mol. The lowest BCUT2D eigenvalue weighted by atomic mass is 10.3. The van der Waals surface area contributed by atoms with Crippen molar-refractivity contribution in [3.63, 3.8) is 0 Å². The zero-order valence-electron chi connectivity index (χ0n) is 12.5. The molecule has 120 valence electrons. The van der Waals surface area contributed by atoms with E-state index >= 15 is 0 Å². The maximum absolute atomic E-state index is 12.0. The number of nitrogens with one attached hydrogen (secondary N) is 1. The van der Waals surface area contributed by atoms with Crippen molar-refractivity contribution in [2.75, 3.05) is 20.3 Å². The van der Waals surface area contributed by atoms with Gasteiger partial charge in [0.05, 0.1) is 13.7 Å². The largest absolute Gasteiger partial charge is 0.497 e. The summed E-state index contributed by atoms with van der Waals surface area (Å²) in [5, 5.41) is 0. The summed E-state index contributed by atoms with van der Waals surface area (Å²) in [6.07, 6.45) is 0.593. The Balaban J connectivity index is 1.72. The smallest absolute Gasteiger partial charge is 0.250 e. The number of hydrogen-bond donors (Lipinski definition) is 1. The van der Waals surface area contributed by atoms with Gasteiger partial charge in [0, 0.05) is 11.4 Å². The van der Waals surface area contributed by atoms with Crippen LogP contribution in [-0.2, 0) is 10.0 Å². The first kappa shape index (κ1) is 16.8. The summed E-state index contributed by atoms with van der Waals surface area (Å²) in [7, 11) is -1.79. The second kappa shape index (κ2) is 7.62. The molecule has 0 amide bonds. The quantitative estimate of drug-likeness (QED) is 0.750. The van der Waals surface area contributed by atoms with Gasteiger partial charge < -0.3 is 9.47 Å². The Labute approximate surface area is 134 Å². The first-order chi connectivity index (χ1) is 10.5. The van der Waals surface area contributed by atoms with E-state index in [1.54, 1.807) is 19.2 Å². The molecule has 1 heterocycles. The van der Waals surface area contributed by atoms with Crippen molar-refractivity contribution in [1.29, 1.82) is 0 Å². The molecule has 0 atom stereocenters. The lowest BCUT2D eigenvalue weighted by Gasteiger charge is -2.08. The Morgan fingerprint density at radius 3 is 2.36 bits per heavy atom. The molecule has 0 spiro atoms. The van der Waals surface area contributed by atoms with Crippen LogP contribution in [0.4, 0.5) is 0 Å². The maximum Gasteiger partial charge on any atom is 0.250 e. The second-order valence-corrected chi connectivity index (χ2v) is 7.92. The average molecular weight is 341 g/mol. The highest BCUT2D eigenvalue weighted by Crippen LogP contribution is 2.20. The van der Waals surface area contributed by atoms with Crippen LogP contribution in [0.5, 0.6) is 11.5 Å². The van der Waals surface area contributed by atoms with Crippen LogP contribution in [0.1, 0.15) is 11.3 Å². The van der Waals surface area contributed by atoms with E-state index in [0.29, 0.717) is 23.8 Å². The lowest BCUT2D eigenvalue weighted by molar-refractivity contribution is 0.311. The van der Waals surface area contributed by atoms with E-state index in [-0.39, 0.29) is 0 Å². The number of methoxy groups -OCH3 is 1. The number of benzene rings is 1. The third kappa shape index (κ3) is 4.72. The first-order valence-electron chi connectivity index (χ1n) is 6.84. The number of hydrogen-bond acceptors (Lipinski definition) is 5. The molecule has 0 aliphatic rings. The van der Waals surface area contributed by atoms with E-state index in [2.05, 4.69) is 4.72 Å². The topological polar surface area (TPSA) is 64.6 Å². The van der Waals surface area contributed by atoms with Gasteiger partial charge in [0.1, 0.15) is 15.7 Å². The molecule has 1 aromatic carbocycles. The van der Waals surface area contributed by atoms with E-state index in [9.17, 15) is 8.42 Å². The highest BCUT2D eigenvalue weighted by molar-refractivity contribution is 7.91. The molecular formula is C15H19NO4S2. The third-order valence-corrected chi connectivity index (χ3v) is 5.88. The summed E-state index contributed by atoms with van der Waals surface area (Å²) in [6, 6.07) is 10.7. The van der Waals surface area contributed by atoms with Gasteiger partial charge in [-0.2, -0.15) is 0 Å². The van der Waals surface area contributed by atoms with Gasteiger partial charge in [-0.05, 0) is 49.7 Å². The van der Waals surface area contributed by atoms with E-state index in [1.165, 1.54) is 11.3 Å². The molecule has 7 heteroatoms. The fourth-order valence-electron chi connectivity index (χ4n) is 1.77. The molecule has 0 radical (unpaired) electrons. The fraction of sp³-hybridized carbons (Fsp3) is 0.333. The predicted octanol–water partition coefficient (Wildman–Crippen LogP) is 2.81. The molecule has 1 aromatic heterocycles. The van der Waals surface area contributed by atoms with Crippen LogP contribution in [0.3, 0.4) is 0 Å². The molecule has 0 fully saturated rings. The van der Waals surface area contributed by atoms with Crippen LogP contribution in [0.15, 0.2) is 40.6 Å². The van der Waals surface area contributed by atoms with Crippen LogP contribution in [0, 0.1) is 6.92 Å². The minimum absolute atomic E-state index is 0.343. The van der Waals surface area contributed by atoms with Gasteiger partial charge in [-0.3, -0.25) is 0 Å². The summed E-state index contributed by atoms with van der Waals surface area (Å²) >= 11 is 1.27. The molecule has 2 aromatic rings. The van der Waals surface area contributed by atoms with Gasteiger partial charge in [-0.1, -0.05) is 0 Å². The third-order valence-electron chi connectivity index (χ3n) is 2.92. The highest BCUT2D eigenvalue weighted by atomic mass is 32.2. The molecular weight excluding hydrogens is 322 g/mol. The minimum atomic E-state index is -3.40. The Kier molecular flexibility index (Phi) is 5.82. The normalized spacial score (nSPS) is 11.4. The number of aryl methyl sites for hydroxylation is 1. The minimum Gasteiger partial charge on any atom is -0.497 e. The SMILES string of the molecule is COc1ccc(OCCCNS(=O)(=O)c2ccc(C)s2)cc1. The fourth-order valence-corrected chi connectivity index (χ4v) is 4.17. The molecule has 2 rings (SSSR count). The van der Waals surface area contributed by atoms with E-state index in [0.717, 1.165) is 16.4 Å². The molecule has 1 N–H and O–H groups in total. The number of sulfonamides is 1. The average Bonchev–Trinajstić information content (AvgIpc) is 2.95. The number of ether oxygens (including phenoxy) is 2. The van der Waals surface area contributed by atoms with Crippen molar-refractivity contribution in [3.05, 3.63) is 41.3 Å². The number of thiophene rings is 1. The molecule has 0 saturated heterocycles. The van der Waals surface area contributed by atoms with Gasteiger partial charge >= 0.3 is 0 Å². The zero-order chi connectivity index (χ0) is 16.0. The molecule has 0 saturated carbocycles. The van der Waals surface area contributed by atoms with Crippen LogP contribution in [0.2, 0.25) is 0 Å². The highest BCUT2D eigenvalue weighted by Gasteiger charge is 2.14. The van der Waals surface area contributed by atoms with Crippen LogP contribution < -0.4 is 14.2 Å². The standard InChI is InChI=1S/C15H19NO4S2/c1-12-4-9-15(21-12)22(17,18)16-10-3-11-20-14-7-5-13(19-2)6-8-14/h4-9,16H,3,10-11H2,1-2H3. The van der Waals surface area contributed by atoms with Crippen LogP contribution >= 0.6 is 11.3 Å². The van der Waals surface area contributed by atoms with Gasteiger partial charge in [0.2, 0.25) is 10.0 Å². The molecule has 5 nitrogen and oxygen atoms in total. The van der Waals surface area contributed by atoms with Gasteiger partial charge in [-0.15, -0.1) is 11.3 Å². The summed E-state index contributed by atoms with van der Waals surface area (Å²) in [5.41, 5.74) is 0. The van der Waals surface area contributed by atoms with Crippen molar-refractivity contribution in [1.82, 2.24) is 4.72 Å². The van der Waals surface area contributed by atoms with Gasteiger partial charge in [0.15, 0.2) is 0 Å². The van der Waals surface area contributed by atoms with Crippen molar-refractivity contribution in [3.8, 4) is 11.5 Å². The van der Waals surface area contributed by atoms with Crippen molar-refractivity contribution in [2.24, 2.45) is 0 Å². The van der Waals surface area contributed by atoms with E-state index < -0.39 is 10.0 Å². The van der Waals surface area contributed by atoms with Crippen LogP contribution in [0.25, 0.3) is 0 Å². The Bertz CT molecular complexity index is 693. The first-order valence-corrected chi connectivity index (χ1v) is 9.14. The van der Waals surface area contributed by atoms with Gasteiger partial charge in [-0.25, -0.2) is 13.1 Å². The molecule has 22 heavy (non-hydrogen) atoms. The van der Waals surface area contributed by atoms with Crippen molar-refractivity contribution < 1.29 is 17.9 Å². The van der Waals surface area contributed by atoms with Crippen LogP contribution in [-0.4, -0.2) is 28.7 Å². The maximum atomic E-state index is 12.0. The van der Waals surface area contributed by atoms with E-state index in [4.69, 9.17) is 9.47 Å². The lowest BCUT2D eigenvalue weighted by Crippen LogP contribution is -2.25. The monoisotopic (exact) mass is 341 g/mol. The Morgan fingerprint density at radius 1 is 1.09 bits per heavy atom.